The average molecular weight is 454 g/mol. The second-order valence-corrected chi connectivity index (χ2v) is 7.29. The van der Waals surface area contributed by atoms with Crippen molar-refractivity contribution in [2.75, 3.05) is 7.11 Å². The molecule has 0 aliphatic carbocycles. The van der Waals surface area contributed by atoms with E-state index in [0.29, 0.717) is 11.0 Å². The van der Waals surface area contributed by atoms with E-state index in [1.165, 1.54) is 25.3 Å². The van der Waals surface area contributed by atoms with Crippen LogP contribution < -0.4 is 14.3 Å². The van der Waals surface area contributed by atoms with Crippen LogP contribution in [0.3, 0.4) is 0 Å². The van der Waals surface area contributed by atoms with Crippen LogP contribution in [0.4, 0.5) is 13.2 Å². The van der Waals surface area contributed by atoms with Crippen molar-refractivity contribution in [2.45, 2.75) is 5.51 Å². The van der Waals surface area contributed by atoms with Crippen molar-refractivity contribution >= 4 is 32.2 Å². The van der Waals surface area contributed by atoms with E-state index in [4.69, 9.17) is 4.74 Å². The summed E-state index contributed by atoms with van der Waals surface area (Å²) in [6, 6.07) is 8.80. The Balaban J connectivity index is 0.000000207. The first kappa shape index (κ1) is 22.0. The first-order chi connectivity index (χ1) is 14.6. The number of H-pyrrole nitrogens is 1. The Bertz CT molecular complexity index is 1390. The maximum atomic E-state index is 12.3. The van der Waals surface area contributed by atoms with Gasteiger partial charge in [-0.2, -0.15) is 21.6 Å². The van der Waals surface area contributed by atoms with Gasteiger partial charge in [0.1, 0.15) is 11.2 Å². The molecule has 31 heavy (non-hydrogen) atoms. The molecule has 0 aliphatic rings. The third-order valence-electron chi connectivity index (χ3n) is 3.74. The van der Waals surface area contributed by atoms with Gasteiger partial charge < -0.3 is 13.9 Å². The predicted molar refractivity (Wildman–Crippen MR) is 104 cm³/mol. The number of nitrogens with one attached hydrogen (secondary N) is 1. The summed E-state index contributed by atoms with van der Waals surface area (Å²) in [6.45, 7) is 0. The van der Waals surface area contributed by atoms with Crippen molar-refractivity contribution in [3.05, 3.63) is 65.2 Å². The van der Waals surface area contributed by atoms with E-state index >= 15 is 0 Å². The summed E-state index contributed by atoms with van der Waals surface area (Å²) in [4.78, 5) is 25.6. The van der Waals surface area contributed by atoms with Crippen LogP contribution in [0.5, 0.6) is 11.6 Å². The lowest BCUT2D eigenvalue weighted by molar-refractivity contribution is -0.0499. The molecule has 0 unspecified atom stereocenters. The Morgan fingerprint density at radius 2 is 1.81 bits per heavy atom. The number of ether oxygens (including phenoxy) is 1. The molecule has 0 atom stereocenters. The molecule has 0 saturated carbocycles. The summed E-state index contributed by atoms with van der Waals surface area (Å²) in [7, 11) is -4.47. The van der Waals surface area contributed by atoms with Gasteiger partial charge in [0.15, 0.2) is 11.2 Å². The van der Waals surface area contributed by atoms with Crippen molar-refractivity contribution in [3.63, 3.8) is 0 Å². The number of rotatable bonds is 3. The van der Waals surface area contributed by atoms with Crippen LogP contribution in [0.25, 0.3) is 22.1 Å². The van der Waals surface area contributed by atoms with E-state index < -0.39 is 21.4 Å². The highest BCUT2D eigenvalue weighted by molar-refractivity contribution is 7.88. The molecule has 0 radical (unpaired) electrons. The molecule has 4 heterocycles. The molecule has 4 aromatic rings. The van der Waals surface area contributed by atoms with Gasteiger partial charge in [-0.25, -0.2) is 9.97 Å². The smallest absolute Gasteiger partial charge is 0.481 e. The van der Waals surface area contributed by atoms with Crippen LogP contribution in [0.2, 0.25) is 0 Å². The Hall–Kier alpha value is -3.74. The van der Waals surface area contributed by atoms with Gasteiger partial charge in [-0.05, 0) is 18.2 Å². The standard InChI is InChI=1S/C10H7F3N2O4S.C8H6N2O/c1-18-8-3-2-6-9(15-8)7(4-5-14-6)19-20(16,17)10(11,12)13;11-7-3-5-10-8-6(7)2-1-4-9-8/h2-5H,1H3;1-5H,(H,9,10,11). The average Bonchev–Trinajstić information content (AvgIpc) is 2.73. The Morgan fingerprint density at radius 3 is 2.48 bits per heavy atom. The van der Waals surface area contributed by atoms with Gasteiger partial charge in [0.25, 0.3) is 0 Å². The van der Waals surface area contributed by atoms with Crippen LogP contribution in [-0.2, 0) is 10.1 Å². The molecule has 0 fully saturated rings. The largest absolute Gasteiger partial charge is 0.534 e. The van der Waals surface area contributed by atoms with Crippen LogP contribution in [0.1, 0.15) is 0 Å². The van der Waals surface area contributed by atoms with Crippen molar-refractivity contribution in [1.82, 2.24) is 19.9 Å². The maximum Gasteiger partial charge on any atom is 0.534 e. The molecule has 0 bridgehead atoms. The zero-order chi connectivity index (χ0) is 22.6. The molecule has 4 rings (SSSR count). The zero-order valence-electron chi connectivity index (χ0n) is 15.6. The Kier molecular flexibility index (Phi) is 6.06. The zero-order valence-corrected chi connectivity index (χ0v) is 16.4. The van der Waals surface area contributed by atoms with E-state index in [2.05, 4.69) is 24.1 Å². The lowest BCUT2D eigenvalue weighted by Crippen LogP contribution is -2.28. The van der Waals surface area contributed by atoms with Gasteiger partial charge in [0.05, 0.1) is 18.0 Å². The van der Waals surface area contributed by atoms with Crippen LogP contribution >= 0.6 is 0 Å². The molecule has 13 heteroatoms. The minimum atomic E-state index is -5.77. The van der Waals surface area contributed by atoms with Gasteiger partial charge in [-0.15, -0.1) is 0 Å². The minimum Gasteiger partial charge on any atom is -0.481 e. The maximum absolute atomic E-state index is 12.3. The first-order valence-corrected chi connectivity index (χ1v) is 9.76. The molecule has 0 saturated heterocycles. The normalized spacial score (nSPS) is 11.6. The molecule has 1 N–H and O–H groups in total. The fraction of sp³-hybridized carbons (Fsp3) is 0.111. The number of hydrogen-bond acceptors (Lipinski definition) is 8. The molecular weight excluding hydrogens is 441 g/mol. The first-order valence-electron chi connectivity index (χ1n) is 8.35. The number of aromatic amines is 1. The number of alkyl halides is 3. The van der Waals surface area contributed by atoms with E-state index in [1.807, 2.05) is 0 Å². The molecule has 0 aromatic carbocycles. The lowest BCUT2D eigenvalue weighted by Gasteiger charge is -2.10. The molecule has 4 aromatic heterocycles. The quantitative estimate of drug-likeness (QED) is 0.370. The number of methoxy groups -OCH3 is 1. The summed E-state index contributed by atoms with van der Waals surface area (Å²) in [5.41, 5.74) is -4.87. The number of aromatic nitrogens is 4. The number of halogens is 3. The van der Waals surface area contributed by atoms with Crippen LogP contribution in [-0.4, -0.2) is 41.0 Å². The fourth-order valence-corrected chi connectivity index (χ4v) is 2.80. The minimum absolute atomic E-state index is 0.00634. The molecule has 0 amide bonds. The van der Waals surface area contributed by atoms with Gasteiger partial charge in [-0.3, -0.25) is 9.78 Å². The molecule has 9 nitrogen and oxygen atoms in total. The Labute approximate surface area is 172 Å². The van der Waals surface area contributed by atoms with Gasteiger partial charge >= 0.3 is 15.6 Å². The van der Waals surface area contributed by atoms with Gasteiger partial charge in [0, 0.05) is 36.8 Å². The Morgan fingerprint density at radius 1 is 1.03 bits per heavy atom. The SMILES string of the molecule is COc1ccc2nccc(OS(=O)(=O)C(F)(F)F)c2n1.O=c1cc[nH]c2ncccc12. The van der Waals surface area contributed by atoms with Gasteiger partial charge in [-0.1, -0.05) is 0 Å². The van der Waals surface area contributed by atoms with Crippen molar-refractivity contribution in [3.8, 4) is 11.6 Å². The number of hydrogen-bond donors (Lipinski definition) is 1. The van der Waals surface area contributed by atoms with E-state index in [0.717, 1.165) is 12.3 Å². The van der Waals surface area contributed by atoms with E-state index in [1.54, 1.807) is 24.5 Å². The second kappa shape index (κ2) is 8.55. The molecule has 0 spiro atoms. The highest BCUT2D eigenvalue weighted by Crippen LogP contribution is 2.30. The highest BCUT2D eigenvalue weighted by Gasteiger charge is 2.48. The van der Waals surface area contributed by atoms with Crippen molar-refractivity contribution in [2.24, 2.45) is 0 Å². The summed E-state index contributed by atoms with van der Waals surface area (Å²) < 4.78 is 67.7. The third kappa shape index (κ3) is 4.88. The summed E-state index contributed by atoms with van der Waals surface area (Å²) >= 11 is 0. The van der Waals surface area contributed by atoms with E-state index in [9.17, 15) is 26.4 Å². The van der Waals surface area contributed by atoms with Crippen molar-refractivity contribution in [1.29, 1.82) is 0 Å². The number of fused-ring (bicyclic) bond motifs is 2. The molecular formula is C18H13F3N4O5S. The second-order valence-electron chi connectivity index (χ2n) is 5.76. The summed E-state index contributed by atoms with van der Waals surface area (Å²) in [5.74, 6) is -0.494. The lowest BCUT2D eigenvalue weighted by atomic mass is 10.3. The number of pyridine rings is 4. The summed E-state index contributed by atoms with van der Waals surface area (Å²) in [6.07, 6.45) is 4.35. The van der Waals surface area contributed by atoms with Gasteiger partial charge in [0.2, 0.25) is 5.88 Å². The highest BCUT2D eigenvalue weighted by atomic mass is 32.2. The van der Waals surface area contributed by atoms with Crippen molar-refractivity contribution < 1.29 is 30.5 Å². The molecule has 162 valence electrons. The van der Waals surface area contributed by atoms with Crippen LogP contribution in [0, 0.1) is 0 Å². The monoisotopic (exact) mass is 454 g/mol. The predicted octanol–water partition coefficient (Wildman–Crippen LogP) is 2.79. The van der Waals surface area contributed by atoms with Crippen LogP contribution in [0.15, 0.2) is 59.8 Å². The van der Waals surface area contributed by atoms with E-state index in [-0.39, 0.29) is 22.3 Å². The fourth-order valence-electron chi connectivity index (χ4n) is 2.34. The topological polar surface area (TPSA) is 124 Å². The third-order valence-corrected chi connectivity index (χ3v) is 4.71. The number of nitrogens with zero attached hydrogens (tertiary/aromatic N) is 3. The summed E-state index contributed by atoms with van der Waals surface area (Å²) in [5, 5.41) is 0.634. The molecule has 0 aliphatic heterocycles.